The highest BCUT2D eigenvalue weighted by atomic mass is 16.2. The summed E-state index contributed by atoms with van der Waals surface area (Å²) < 4.78 is 0. The average molecular weight is 304 g/mol. The van der Waals surface area contributed by atoms with Crippen molar-refractivity contribution >= 4 is 12.0 Å². The molecule has 0 aliphatic heterocycles. The van der Waals surface area contributed by atoms with Gasteiger partial charge < -0.3 is 4.90 Å². The molecule has 0 radical (unpaired) electrons. The van der Waals surface area contributed by atoms with Crippen LogP contribution in [-0.4, -0.2) is 17.4 Å². The van der Waals surface area contributed by atoms with E-state index in [9.17, 15) is 4.79 Å². The Bertz CT molecular complexity index is 697. The van der Waals surface area contributed by atoms with Crippen molar-refractivity contribution in [3.05, 3.63) is 77.4 Å². The van der Waals surface area contributed by atoms with E-state index in [1.165, 1.54) is 0 Å². The van der Waals surface area contributed by atoms with Crippen molar-refractivity contribution in [2.24, 2.45) is 0 Å². The van der Waals surface area contributed by atoms with Crippen molar-refractivity contribution in [2.45, 2.75) is 19.9 Å². The zero-order valence-corrected chi connectivity index (χ0v) is 13.3. The summed E-state index contributed by atoms with van der Waals surface area (Å²) >= 11 is 0. The van der Waals surface area contributed by atoms with E-state index in [2.05, 4.69) is 13.0 Å². The molecule has 3 nitrogen and oxygen atoms in total. The van der Waals surface area contributed by atoms with Gasteiger partial charge in [-0.2, -0.15) is 5.26 Å². The number of nitriles is 1. The molecule has 2 aromatic carbocycles. The number of carbonyl (C=O) groups is 1. The summed E-state index contributed by atoms with van der Waals surface area (Å²) in [5.41, 5.74) is 2.67. The zero-order valence-electron chi connectivity index (χ0n) is 13.3. The molecule has 0 saturated carbocycles. The molecule has 0 fully saturated rings. The Labute approximate surface area is 137 Å². The standard InChI is InChI=1S/C20H20N2O/c1-2-14-22(16-19-10-8-18(15-21)9-11-19)20(23)13-12-17-6-4-3-5-7-17/h3-13H,2,14,16H2,1H3/b13-12+. The summed E-state index contributed by atoms with van der Waals surface area (Å²) in [6, 6.07) is 19.2. The van der Waals surface area contributed by atoms with Gasteiger partial charge in [0, 0.05) is 19.2 Å². The Morgan fingerprint density at radius 2 is 1.83 bits per heavy atom. The number of hydrogen-bond donors (Lipinski definition) is 0. The van der Waals surface area contributed by atoms with Gasteiger partial charge in [0.1, 0.15) is 0 Å². The lowest BCUT2D eigenvalue weighted by Gasteiger charge is -2.20. The second-order valence-corrected chi connectivity index (χ2v) is 5.31. The van der Waals surface area contributed by atoms with Crippen LogP contribution >= 0.6 is 0 Å². The van der Waals surface area contributed by atoms with Crippen molar-refractivity contribution in [1.29, 1.82) is 5.26 Å². The molecule has 2 rings (SSSR count). The maximum atomic E-state index is 12.4. The maximum Gasteiger partial charge on any atom is 0.246 e. The molecule has 0 aliphatic carbocycles. The van der Waals surface area contributed by atoms with E-state index in [0.717, 1.165) is 17.5 Å². The Kier molecular flexibility index (Phi) is 6.14. The highest BCUT2D eigenvalue weighted by Gasteiger charge is 2.10. The molecule has 0 bridgehead atoms. The van der Waals surface area contributed by atoms with Crippen LogP contribution in [0.4, 0.5) is 0 Å². The van der Waals surface area contributed by atoms with E-state index in [-0.39, 0.29) is 5.91 Å². The van der Waals surface area contributed by atoms with Gasteiger partial charge in [-0.05, 0) is 35.8 Å². The van der Waals surface area contributed by atoms with Crippen LogP contribution in [0.5, 0.6) is 0 Å². The van der Waals surface area contributed by atoms with Gasteiger partial charge in [0.15, 0.2) is 0 Å². The minimum Gasteiger partial charge on any atom is -0.335 e. The van der Waals surface area contributed by atoms with Crippen molar-refractivity contribution in [2.75, 3.05) is 6.54 Å². The third-order valence-corrected chi connectivity index (χ3v) is 3.48. The smallest absolute Gasteiger partial charge is 0.246 e. The summed E-state index contributed by atoms with van der Waals surface area (Å²) in [6.07, 6.45) is 4.36. The number of carbonyl (C=O) groups excluding carboxylic acids is 1. The third-order valence-electron chi connectivity index (χ3n) is 3.48. The monoisotopic (exact) mass is 304 g/mol. The van der Waals surface area contributed by atoms with E-state index < -0.39 is 0 Å². The van der Waals surface area contributed by atoms with E-state index in [1.807, 2.05) is 53.4 Å². The molecule has 0 N–H and O–H groups in total. The van der Waals surface area contributed by atoms with Gasteiger partial charge in [-0.3, -0.25) is 4.79 Å². The Morgan fingerprint density at radius 3 is 2.43 bits per heavy atom. The van der Waals surface area contributed by atoms with E-state index >= 15 is 0 Å². The minimum atomic E-state index is 0.0000581. The fourth-order valence-electron chi connectivity index (χ4n) is 2.28. The minimum absolute atomic E-state index is 0.0000581. The van der Waals surface area contributed by atoms with Crippen LogP contribution in [0.1, 0.15) is 30.0 Å². The molecule has 0 saturated heterocycles. The second kappa shape index (κ2) is 8.55. The number of amides is 1. The second-order valence-electron chi connectivity index (χ2n) is 5.31. The van der Waals surface area contributed by atoms with Gasteiger partial charge in [-0.1, -0.05) is 49.4 Å². The van der Waals surface area contributed by atoms with E-state index in [4.69, 9.17) is 5.26 Å². The largest absolute Gasteiger partial charge is 0.335 e. The molecule has 0 atom stereocenters. The van der Waals surface area contributed by atoms with Crippen molar-refractivity contribution in [1.82, 2.24) is 4.90 Å². The van der Waals surface area contributed by atoms with Crippen LogP contribution in [0.2, 0.25) is 0 Å². The summed E-state index contributed by atoms with van der Waals surface area (Å²) in [7, 11) is 0. The summed E-state index contributed by atoms with van der Waals surface area (Å²) in [4.78, 5) is 14.2. The number of rotatable bonds is 6. The van der Waals surface area contributed by atoms with Crippen molar-refractivity contribution < 1.29 is 4.79 Å². The molecule has 0 heterocycles. The highest BCUT2D eigenvalue weighted by molar-refractivity contribution is 5.91. The molecule has 0 spiro atoms. The molecular formula is C20H20N2O. The van der Waals surface area contributed by atoms with Crippen LogP contribution in [0.25, 0.3) is 6.08 Å². The van der Waals surface area contributed by atoms with Crippen molar-refractivity contribution in [3.8, 4) is 6.07 Å². The van der Waals surface area contributed by atoms with Gasteiger partial charge in [-0.25, -0.2) is 0 Å². The van der Waals surface area contributed by atoms with Crippen LogP contribution in [0, 0.1) is 11.3 Å². The van der Waals surface area contributed by atoms with Crippen molar-refractivity contribution in [3.63, 3.8) is 0 Å². The first kappa shape index (κ1) is 16.5. The van der Waals surface area contributed by atoms with Gasteiger partial charge >= 0.3 is 0 Å². The SMILES string of the molecule is CCCN(Cc1ccc(C#N)cc1)C(=O)/C=C/c1ccccc1. The lowest BCUT2D eigenvalue weighted by molar-refractivity contribution is -0.126. The van der Waals surface area contributed by atoms with E-state index in [0.29, 0.717) is 18.7 Å². The molecule has 116 valence electrons. The first-order chi connectivity index (χ1) is 11.2. The fourth-order valence-corrected chi connectivity index (χ4v) is 2.28. The normalized spacial score (nSPS) is 10.4. The number of hydrogen-bond acceptors (Lipinski definition) is 2. The number of benzene rings is 2. The third kappa shape index (κ3) is 5.12. The van der Waals surface area contributed by atoms with Gasteiger partial charge in [0.05, 0.1) is 11.6 Å². The quantitative estimate of drug-likeness (QED) is 0.757. The Balaban J connectivity index is 2.06. The number of nitrogens with zero attached hydrogens (tertiary/aromatic N) is 2. The predicted molar refractivity (Wildman–Crippen MR) is 92.3 cm³/mol. The molecular weight excluding hydrogens is 284 g/mol. The molecule has 0 aromatic heterocycles. The van der Waals surface area contributed by atoms with Gasteiger partial charge in [0.25, 0.3) is 0 Å². The average Bonchev–Trinajstić information content (AvgIpc) is 2.61. The first-order valence-corrected chi connectivity index (χ1v) is 7.74. The van der Waals surface area contributed by atoms with Gasteiger partial charge in [-0.15, -0.1) is 0 Å². The molecule has 1 amide bonds. The Morgan fingerprint density at radius 1 is 1.13 bits per heavy atom. The first-order valence-electron chi connectivity index (χ1n) is 7.74. The molecule has 2 aromatic rings. The van der Waals surface area contributed by atoms with Gasteiger partial charge in [0.2, 0.25) is 5.91 Å². The molecule has 23 heavy (non-hydrogen) atoms. The van der Waals surface area contributed by atoms with Crippen LogP contribution in [-0.2, 0) is 11.3 Å². The topological polar surface area (TPSA) is 44.1 Å². The van der Waals surface area contributed by atoms with Crippen LogP contribution in [0.15, 0.2) is 60.7 Å². The summed E-state index contributed by atoms with van der Waals surface area (Å²) in [5.74, 6) is 0.0000581. The zero-order chi connectivity index (χ0) is 16.5. The lowest BCUT2D eigenvalue weighted by Crippen LogP contribution is -2.29. The molecule has 0 aliphatic rings. The Hall–Kier alpha value is -2.86. The highest BCUT2D eigenvalue weighted by Crippen LogP contribution is 2.09. The van der Waals surface area contributed by atoms with Crippen LogP contribution < -0.4 is 0 Å². The fraction of sp³-hybridized carbons (Fsp3) is 0.200. The summed E-state index contributed by atoms with van der Waals surface area (Å²) in [5, 5.41) is 8.84. The maximum absolute atomic E-state index is 12.4. The predicted octanol–water partition coefficient (Wildman–Crippen LogP) is 4.01. The van der Waals surface area contributed by atoms with E-state index in [1.54, 1.807) is 18.2 Å². The van der Waals surface area contributed by atoms with Crippen LogP contribution in [0.3, 0.4) is 0 Å². The summed E-state index contributed by atoms with van der Waals surface area (Å²) in [6.45, 7) is 3.31. The molecule has 0 unspecified atom stereocenters. The molecule has 3 heteroatoms. The lowest BCUT2D eigenvalue weighted by atomic mass is 10.1.